The number of rotatable bonds is 5. The Kier molecular flexibility index (Phi) is 6.67. The lowest BCUT2D eigenvalue weighted by atomic mass is 10.3. The van der Waals surface area contributed by atoms with Crippen LogP contribution in [0.1, 0.15) is 45.6 Å². The summed E-state index contributed by atoms with van der Waals surface area (Å²) in [6.45, 7) is 0.754. The highest BCUT2D eigenvalue weighted by atomic mass is 35.5. The molecule has 3 rings (SSSR count). The molecule has 1 fully saturated rings. The number of halogens is 2. The minimum Gasteiger partial charge on any atom is -0.467 e. The van der Waals surface area contributed by atoms with E-state index >= 15 is 0 Å². The topological polar surface area (TPSA) is 81.2 Å². The van der Waals surface area contributed by atoms with Gasteiger partial charge in [-0.15, -0.1) is 36.2 Å². The van der Waals surface area contributed by atoms with E-state index in [1.54, 1.807) is 17.4 Å². The lowest BCUT2D eigenvalue weighted by molar-refractivity contribution is 0.0950. The summed E-state index contributed by atoms with van der Waals surface area (Å²) >= 11 is 1.60. The minimum absolute atomic E-state index is 0. The molecule has 8 heteroatoms. The maximum Gasteiger partial charge on any atom is 0.254 e. The Hall–Kier alpha value is -1.08. The van der Waals surface area contributed by atoms with E-state index in [0.717, 1.165) is 5.01 Å². The molecule has 0 aromatic carbocycles. The summed E-state index contributed by atoms with van der Waals surface area (Å²) in [4.78, 5) is 16.4. The average Bonchev–Trinajstić information content (AvgIpc) is 2.99. The summed E-state index contributed by atoms with van der Waals surface area (Å²) in [5.74, 6) is 1.10. The third kappa shape index (κ3) is 4.44. The summed E-state index contributed by atoms with van der Waals surface area (Å²) < 4.78 is 5.13. The molecule has 21 heavy (non-hydrogen) atoms. The molecule has 0 spiro atoms. The Morgan fingerprint density at radius 1 is 1.48 bits per heavy atom. The fourth-order valence-corrected chi connectivity index (χ4v) is 2.65. The van der Waals surface area contributed by atoms with Gasteiger partial charge in [-0.05, 0) is 18.9 Å². The zero-order valence-corrected chi connectivity index (χ0v) is 13.7. The van der Waals surface area contributed by atoms with Crippen LogP contribution in [-0.4, -0.2) is 10.9 Å². The van der Waals surface area contributed by atoms with Crippen molar-refractivity contribution in [3.05, 3.63) is 39.7 Å². The van der Waals surface area contributed by atoms with Crippen molar-refractivity contribution in [3.63, 3.8) is 0 Å². The molecule has 2 aromatic rings. The first-order valence-electron chi connectivity index (χ1n) is 6.26. The molecule has 5 nitrogen and oxygen atoms in total. The predicted molar refractivity (Wildman–Crippen MR) is 86.4 cm³/mol. The van der Waals surface area contributed by atoms with Gasteiger partial charge in [-0.2, -0.15) is 0 Å². The van der Waals surface area contributed by atoms with Crippen LogP contribution in [0, 0.1) is 0 Å². The summed E-state index contributed by atoms with van der Waals surface area (Å²) in [7, 11) is 0. The van der Waals surface area contributed by atoms with E-state index in [-0.39, 0.29) is 30.7 Å². The molecule has 1 aliphatic carbocycles. The standard InChI is InChI=1S/C13H15N3O2S.2ClH/c14-4-10-3-9(6-18-10)13(17)15-5-12-16-11(7-19-12)8-1-2-8;;/h3,6-8H,1-2,4-5,14H2,(H,15,17);2*1H. The van der Waals surface area contributed by atoms with Crippen LogP contribution >= 0.6 is 36.2 Å². The predicted octanol–water partition coefficient (Wildman–Crippen LogP) is 2.85. The number of amides is 1. The second-order valence-corrected chi connectivity index (χ2v) is 5.57. The van der Waals surface area contributed by atoms with Gasteiger partial charge >= 0.3 is 0 Å². The number of nitrogens with zero attached hydrogens (tertiary/aromatic N) is 1. The number of hydrogen-bond acceptors (Lipinski definition) is 5. The number of carbonyl (C=O) groups excluding carboxylic acids is 1. The van der Waals surface area contributed by atoms with Gasteiger partial charge in [-0.3, -0.25) is 4.79 Å². The van der Waals surface area contributed by atoms with Crippen molar-refractivity contribution in [3.8, 4) is 0 Å². The molecular formula is C13H17Cl2N3O2S. The van der Waals surface area contributed by atoms with Crippen LogP contribution in [-0.2, 0) is 13.1 Å². The van der Waals surface area contributed by atoms with E-state index in [0.29, 0.717) is 30.3 Å². The first-order valence-corrected chi connectivity index (χ1v) is 7.14. The number of furan rings is 1. The average molecular weight is 350 g/mol. The van der Waals surface area contributed by atoms with Crippen LogP contribution in [0.3, 0.4) is 0 Å². The van der Waals surface area contributed by atoms with E-state index in [2.05, 4.69) is 15.7 Å². The number of nitrogens with one attached hydrogen (secondary N) is 1. The number of carbonyl (C=O) groups is 1. The third-order valence-corrected chi connectivity index (χ3v) is 3.95. The molecule has 1 aliphatic rings. The van der Waals surface area contributed by atoms with E-state index < -0.39 is 0 Å². The Labute approximate surface area is 139 Å². The maximum atomic E-state index is 11.9. The number of aromatic nitrogens is 1. The minimum atomic E-state index is -0.161. The zero-order valence-electron chi connectivity index (χ0n) is 11.2. The number of thiazole rings is 1. The Morgan fingerprint density at radius 2 is 2.24 bits per heavy atom. The van der Waals surface area contributed by atoms with Crippen LogP contribution in [0.15, 0.2) is 22.1 Å². The SMILES string of the molecule is Cl.Cl.NCc1cc(C(=O)NCc2nc(C3CC3)cs2)co1. The molecule has 0 bridgehead atoms. The van der Waals surface area contributed by atoms with Crippen molar-refractivity contribution in [2.45, 2.75) is 31.8 Å². The van der Waals surface area contributed by atoms with Gasteiger partial charge in [0.05, 0.1) is 24.3 Å². The molecule has 2 heterocycles. The van der Waals surface area contributed by atoms with Crippen molar-refractivity contribution in [1.29, 1.82) is 0 Å². The molecule has 1 amide bonds. The van der Waals surface area contributed by atoms with Crippen molar-refractivity contribution < 1.29 is 9.21 Å². The second kappa shape index (κ2) is 7.79. The molecule has 116 valence electrons. The fourth-order valence-electron chi connectivity index (χ4n) is 1.84. The fraction of sp³-hybridized carbons (Fsp3) is 0.385. The largest absolute Gasteiger partial charge is 0.467 e. The summed E-state index contributed by atoms with van der Waals surface area (Å²) in [6.07, 6.45) is 3.91. The normalized spacial score (nSPS) is 13.2. The van der Waals surface area contributed by atoms with Gasteiger partial charge in [0, 0.05) is 11.3 Å². The maximum absolute atomic E-state index is 11.9. The molecule has 3 N–H and O–H groups in total. The van der Waals surface area contributed by atoms with Crippen molar-refractivity contribution in [2.75, 3.05) is 0 Å². The van der Waals surface area contributed by atoms with Crippen LogP contribution < -0.4 is 11.1 Å². The molecule has 0 atom stereocenters. The first-order chi connectivity index (χ1) is 9.26. The second-order valence-electron chi connectivity index (χ2n) is 4.63. The monoisotopic (exact) mass is 349 g/mol. The van der Waals surface area contributed by atoms with E-state index in [9.17, 15) is 4.79 Å². The molecule has 0 radical (unpaired) electrons. The Bertz CT molecular complexity index is 596. The Morgan fingerprint density at radius 3 is 2.86 bits per heavy atom. The molecular weight excluding hydrogens is 333 g/mol. The van der Waals surface area contributed by atoms with Gasteiger partial charge < -0.3 is 15.5 Å². The molecule has 1 saturated carbocycles. The van der Waals surface area contributed by atoms with Crippen molar-refractivity contribution in [1.82, 2.24) is 10.3 Å². The highest BCUT2D eigenvalue weighted by Gasteiger charge is 2.26. The Balaban J connectivity index is 0.00000110. The lowest BCUT2D eigenvalue weighted by Gasteiger charge is -1.99. The molecule has 0 unspecified atom stereocenters. The summed E-state index contributed by atoms with van der Waals surface area (Å²) in [5, 5.41) is 5.86. The highest BCUT2D eigenvalue weighted by molar-refractivity contribution is 7.09. The first kappa shape index (κ1) is 18.0. The van der Waals surface area contributed by atoms with Gasteiger partial charge in [0.15, 0.2) is 0 Å². The smallest absolute Gasteiger partial charge is 0.254 e. The van der Waals surface area contributed by atoms with Gasteiger partial charge in [-0.25, -0.2) is 4.98 Å². The summed E-state index contributed by atoms with van der Waals surface area (Å²) in [6, 6.07) is 1.66. The van der Waals surface area contributed by atoms with Crippen LogP contribution in [0.5, 0.6) is 0 Å². The molecule has 2 aromatic heterocycles. The zero-order chi connectivity index (χ0) is 13.2. The number of hydrogen-bond donors (Lipinski definition) is 2. The van der Waals surface area contributed by atoms with Crippen LogP contribution in [0.4, 0.5) is 0 Å². The lowest BCUT2D eigenvalue weighted by Crippen LogP contribution is -2.22. The van der Waals surface area contributed by atoms with E-state index in [1.165, 1.54) is 24.8 Å². The van der Waals surface area contributed by atoms with Gasteiger partial charge in [-0.1, -0.05) is 0 Å². The quantitative estimate of drug-likeness (QED) is 0.869. The van der Waals surface area contributed by atoms with Gasteiger partial charge in [0.25, 0.3) is 5.91 Å². The third-order valence-electron chi connectivity index (χ3n) is 3.08. The van der Waals surface area contributed by atoms with Crippen molar-refractivity contribution in [2.24, 2.45) is 5.73 Å². The van der Waals surface area contributed by atoms with E-state index in [1.807, 2.05) is 0 Å². The molecule has 0 saturated heterocycles. The number of nitrogens with two attached hydrogens (primary N) is 1. The van der Waals surface area contributed by atoms with Gasteiger partial charge in [0.2, 0.25) is 0 Å². The van der Waals surface area contributed by atoms with E-state index in [4.69, 9.17) is 10.2 Å². The van der Waals surface area contributed by atoms with Gasteiger partial charge in [0.1, 0.15) is 17.0 Å². The highest BCUT2D eigenvalue weighted by Crippen LogP contribution is 2.40. The van der Waals surface area contributed by atoms with Crippen molar-refractivity contribution >= 4 is 42.1 Å². The molecule has 0 aliphatic heterocycles. The van der Waals surface area contributed by atoms with Crippen LogP contribution in [0.25, 0.3) is 0 Å². The summed E-state index contributed by atoms with van der Waals surface area (Å²) in [5.41, 5.74) is 7.10. The van der Waals surface area contributed by atoms with Crippen LogP contribution in [0.2, 0.25) is 0 Å².